The number of amides is 5. The van der Waals surface area contributed by atoms with Gasteiger partial charge in [-0.3, -0.25) is 28.7 Å². The van der Waals surface area contributed by atoms with Gasteiger partial charge in [0, 0.05) is 25.3 Å². The third-order valence-electron chi connectivity index (χ3n) is 12.6. The van der Waals surface area contributed by atoms with Crippen molar-refractivity contribution in [1.82, 2.24) is 35.5 Å². The van der Waals surface area contributed by atoms with Crippen LogP contribution in [0.15, 0.2) is 30.4 Å². The van der Waals surface area contributed by atoms with Crippen molar-refractivity contribution in [2.45, 2.75) is 139 Å². The number of nitrogens with one attached hydrogen (secondary N) is 4. The van der Waals surface area contributed by atoms with E-state index in [-0.39, 0.29) is 37.1 Å². The van der Waals surface area contributed by atoms with Gasteiger partial charge >= 0.3 is 0 Å². The zero-order valence-corrected chi connectivity index (χ0v) is 34.5. The molecule has 0 unspecified atom stereocenters. The third kappa shape index (κ3) is 8.64. The van der Waals surface area contributed by atoms with Gasteiger partial charge in [-0.05, 0) is 83.3 Å². The molecule has 2 aliphatic heterocycles. The molecule has 58 heavy (non-hydrogen) atoms. The second-order valence-corrected chi connectivity index (χ2v) is 19.2. The summed E-state index contributed by atoms with van der Waals surface area (Å²) in [5.74, 6) is -2.48. The Morgan fingerprint density at radius 1 is 1.02 bits per heavy atom. The van der Waals surface area contributed by atoms with E-state index in [4.69, 9.17) is 14.5 Å². The minimum Gasteiger partial charge on any atom is -0.497 e. The van der Waals surface area contributed by atoms with Gasteiger partial charge in [0.05, 0.1) is 29.4 Å². The van der Waals surface area contributed by atoms with Crippen molar-refractivity contribution in [2.75, 3.05) is 13.7 Å². The highest BCUT2D eigenvalue weighted by molar-refractivity contribution is 7.91. The molecule has 16 nitrogen and oxygen atoms in total. The van der Waals surface area contributed by atoms with Gasteiger partial charge in [-0.25, -0.2) is 18.4 Å². The first kappa shape index (κ1) is 41.4. The first-order chi connectivity index (χ1) is 27.6. The lowest BCUT2D eigenvalue weighted by molar-refractivity contribution is -0.143. The van der Waals surface area contributed by atoms with Crippen molar-refractivity contribution in [3.63, 3.8) is 0 Å². The average molecular weight is 822 g/mol. The fourth-order valence-electron chi connectivity index (χ4n) is 8.62. The molecule has 7 rings (SSSR count). The molecule has 4 N–H and O–H groups in total. The second-order valence-electron chi connectivity index (χ2n) is 17.0. The molecule has 1 saturated heterocycles. The maximum Gasteiger partial charge on any atom is 0.259 e. The lowest BCUT2D eigenvalue weighted by Crippen LogP contribution is -2.60. The predicted octanol–water partition coefficient (Wildman–Crippen LogP) is 2.87. The van der Waals surface area contributed by atoms with Crippen LogP contribution >= 0.6 is 0 Å². The van der Waals surface area contributed by atoms with E-state index in [0.29, 0.717) is 54.6 Å². The largest absolute Gasteiger partial charge is 0.497 e. The summed E-state index contributed by atoms with van der Waals surface area (Å²) in [6.07, 6.45) is 10.6. The number of ether oxygens (including phenoxy) is 2. The number of sulfonamides is 1. The zero-order chi connectivity index (χ0) is 41.4. The Morgan fingerprint density at radius 3 is 2.47 bits per heavy atom. The molecule has 0 spiro atoms. The summed E-state index contributed by atoms with van der Waals surface area (Å²) in [7, 11) is -2.46. The van der Waals surface area contributed by atoms with E-state index >= 15 is 0 Å². The quantitative estimate of drug-likeness (QED) is 0.256. The van der Waals surface area contributed by atoms with Crippen molar-refractivity contribution in [1.29, 1.82) is 0 Å². The normalized spacial score (nSPS) is 28.4. The Hall–Kier alpha value is -4.80. The van der Waals surface area contributed by atoms with Crippen LogP contribution in [0.5, 0.6) is 11.6 Å². The van der Waals surface area contributed by atoms with Crippen LogP contribution in [-0.2, 0) is 34.0 Å². The summed E-state index contributed by atoms with van der Waals surface area (Å²) < 4.78 is 39.4. The third-order valence-corrected chi connectivity index (χ3v) is 14.7. The number of aromatic nitrogens is 2. The molecule has 3 aliphatic carbocycles. The molecule has 6 atom stereocenters. The Morgan fingerprint density at radius 2 is 1.76 bits per heavy atom. The lowest BCUT2D eigenvalue weighted by atomic mass is 9.96. The smallest absolute Gasteiger partial charge is 0.259 e. The Balaban J connectivity index is 1.20. The monoisotopic (exact) mass is 821 g/mol. The Labute approximate surface area is 339 Å². The molecule has 2 aromatic rings. The number of nitrogens with zero attached hydrogens (tertiary/aromatic N) is 3. The van der Waals surface area contributed by atoms with Crippen molar-refractivity contribution in [2.24, 2.45) is 11.8 Å². The fraction of sp³-hybridized carbons (Fsp3) is 0.634. The molecule has 314 valence electrons. The van der Waals surface area contributed by atoms with E-state index in [9.17, 15) is 32.4 Å². The summed E-state index contributed by atoms with van der Waals surface area (Å²) in [6.45, 7) is 4.65. The first-order valence-electron chi connectivity index (χ1n) is 20.6. The summed E-state index contributed by atoms with van der Waals surface area (Å²) in [5.41, 5.74) is 0.103. The number of hydrogen-bond donors (Lipinski definition) is 4. The van der Waals surface area contributed by atoms with Crippen LogP contribution in [-0.4, -0.2) is 101 Å². The number of benzene rings is 1. The number of aryl methyl sites for hydroxylation is 1. The first-order valence-corrected chi connectivity index (χ1v) is 22.0. The predicted molar refractivity (Wildman–Crippen MR) is 213 cm³/mol. The van der Waals surface area contributed by atoms with Gasteiger partial charge in [0.1, 0.15) is 41.2 Å². The van der Waals surface area contributed by atoms with E-state index in [0.717, 1.165) is 38.5 Å². The second kappa shape index (κ2) is 16.5. The highest BCUT2D eigenvalue weighted by Crippen LogP contribution is 2.47. The number of fused-ring (bicyclic) bond motifs is 3. The van der Waals surface area contributed by atoms with E-state index in [1.54, 1.807) is 39.2 Å². The van der Waals surface area contributed by atoms with E-state index in [1.807, 2.05) is 12.2 Å². The van der Waals surface area contributed by atoms with Gasteiger partial charge in [-0.15, -0.1) is 0 Å². The van der Waals surface area contributed by atoms with Gasteiger partial charge in [0.15, 0.2) is 0 Å². The van der Waals surface area contributed by atoms with Crippen LogP contribution in [0.1, 0.15) is 103 Å². The fourth-order valence-corrected chi connectivity index (χ4v) is 9.93. The maximum atomic E-state index is 14.8. The number of carbonyl (C=O) groups excluding carboxylic acids is 5. The van der Waals surface area contributed by atoms with E-state index < -0.39 is 74.1 Å². The summed E-state index contributed by atoms with van der Waals surface area (Å²) in [4.78, 5) is 80.2. The van der Waals surface area contributed by atoms with Crippen LogP contribution in [0.4, 0.5) is 0 Å². The molecule has 1 aromatic carbocycles. The van der Waals surface area contributed by atoms with Crippen LogP contribution in [0.2, 0.25) is 0 Å². The highest BCUT2D eigenvalue weighted by atomic mass is 32.2. The molecule has 0 bridgehead atoms. The van der Waals surface area contributed by atoms with Crippen molar-refractivity contribution in [3.8, 4) is 11.6 Å². The van der Waals surface area contributed by atoms with E-state index in [1.165, 1.54) is 11.8 Å². The summed E-state index contributed by atoms with van der Waals surface area (Å²) in [5, 5.41) is 8.68. The van der Waals surface area contributed by atoms with Gasteiger partial charge < -0.3 is 30.3 Å². The zero-order valence-electron chi connectivity index (χ0n) is 33.7. The van der Waals surface area contributed by atoms with Crippen molar-refractivity contribution >= 4 is 50.6 Å². The van der Waals surface area contributed by atoms with Gasteiger partial charge in [0.2, 0.25) is 39.5 Å². The molecule has 0 radical (unpaired) electrons. The Bertz CT molecular complexity index is 2100. The average Bonchev–Trinajstić information content (AvgIpc) is 3.93. The minimum atomic E-state index is -4.01. The molecular weight excluding hydrogens is 767 g/mol. The Kier molecular flexibility index (Phi) is 11.7. The topological polar surface area (TPSA) is 215 Å². The maximum absolute atomic E-state index is 14.8. The SMILES string of the molecule is COc1ccc2nc(C)c(O[C@@H]3C[C@H]4C(=O)N[C@]5(C(=O)NS(=O)(=O)C6(C)CC6)C[C@H]5/C=C\CCCCC[C@H](NC(=O)[C@@H](NC(C)=O)C5CCCC5)C(=O)N4C3)nc2c1. The van der Waals surface area contributed by atoms with Gasteiger partial charge in [0.25, 0.3) is 5.91 Å². The van der Waals surface area contributed by atoms with Gasteiger partial charge in [-0.2, -0.15) is 0 Å². The molecule has 3 heterocycles. The van der Waals surface area contributed by atoms with Crippen molar-refractivity contribution < 1.29 is 41.9 Å². The molecule has 5 amide bonds. The molecular formula is C41H55N7O9S. The lowest BCUT2D eigenvalue weighted by Gasteiger charge is -2.31. The number of hydrogen-bond acceptors (Lipinski definition) is 11. The molecule has 5 aliphatic rings. The summed E-state index contributed by atoms with van der Waals surface area (Å²) in [6, 6.07) is 2.31. The standard InChI is InChI=1S/C41H55N7O9S/c1-24-37(45-32-20-28(56-4)16-17-30(32)42-24)57-29-21-33-35(50)46-41(39(53)47-58(54,55)40(3)18-19-40)22-27(41)14-8-6-5-7-9-15-31(38(52)48(33)23-29)44-36(51)34(43-25(2)49)26-12-10-11-13-26/h8,14,16-17,20,26-27,29,31,33-34H,5-7,9-13,15,18-19,21-23H2,1-4H3,(H,43,49)(H,44,51)(H,46,50)(H,47,53)/b14-8-/t27-,29-,31+,33+,34+,41-/m1/s1. The minimum absolute atomic E-state index is 0.0146. The molecule has 1 aromatic heterocycles. The molecule has 4 fully saturated rings. The van der Waals surface area contributed by atoms with Crippen LogP contribution in [0.3, 0.4) is 0 Å². The van der Waals surface area contributed by atoms with Crippen LogP contribution in [0.25, 0.3) is 11.0 Å². The molecule has 17 heteroatoms. The van der Waals surface area contributed by atoms with Crippen molar-refractivity contribution in [3.05, 3.63) is 36.0 Å². The van der Waals surface area contributed by atoms with Crippen LogP contribution in [0, 0.1) is 18.8 Å². The van der Waals surface area contributed by atoms with E-state index in [2.05, 4.69) is 25.7 Å². The van der Waals surface area contributed by atoms with Crippen LogP contribution < -0.4 is 30.1 Å². The highest BCUT2D eigenvalue weighted by Gasteiger charge is 2.63. The summed E-state index contributed by atoms with van der Waals surface area (Å²) >= 11 is 0. The number of methoxy groups -OCH3 is 1. The number of allylic oxidation sites excluding steroid dienone is 1. The molecule has 3 saturated carbocycles. The number of carbonyl (C=O) groups is 5. The van der Waals surface area contributed by atoms with Gasteiger partial charge in [-0.1, -0.05) is 37.8 Å². The number of rotatable bonds is 10.